The molecule has 0 bridgehead atoms. The Kier molecular flexibility index (Phi) is 5.18. The molecule has 8 nitrogen and oxygen atoms in total. The van der Waals surface area contributed by atoms with Crippen molar-refractivity contribution in [3.05, 3.63) is 39.4 Å². The van der Waals surface area contributed by atoms with Crippen molar-refractivity contribution in [2.75, 3.05) is 31.1 Å². The van der Waals surface area contributed by atoms with E-state index in [4.69, 9.17) is 4.74 Å². The monoisotopic (exact) mass is 434 g/mol. The number of carboxylic acid groups (broad SMARTS) is 1. The molecule has 30 heavy (non-hydrogen) atoms. The number of carbonyl (C=O) groups is 1. The van der Waals surface area contributed by atoms with Crippen molar-refractivity contribution in [1.82, 2.24) is 9.88 Å². The first kappa shape index (κ1) is 20.6. The fraction of sp³-hybridized carbons (Fsp3) is 0.450. The van der Waals surface area contributed by atoms with Crippen LogP contribution in [-0.4, -0.2) is 54.0 Å². The van der Waals surface area contributed by atoms with Gasteiger partial charge in [-0.05, 0) is 18.9 Å². The third kappa shape index (κ3) is 3.12. The molecule has 5 rings (SSSR count). The first-order valence-electron chi connectivity index (χ1n) is 9.64. The molecule has 3 fully saturated rings. The van der Waals surface area contributed by atoms with Gasteiger partial charge in [0.2, 0.25) is 5.43 Å². The molecule has 0 amide bonds. The van der Waals surface area contributed by atoms with E-state index in [2.05, 4.69) is 11.4 Å². The highest BCUT2D eigenvalue weighted by molar-refractivity contribution is 5.96. The molecule has 1 aromatic carbocycles. The zero-order chi connectivity index (χ0) is 20.3. The van der Waals surface area contributed by atoms with Crippen LogP contribution in [0.3, 0.4) is 0 Å². The topological polar surface area (TPSA) is 108 Å². The molecule has 0 radical (unpaired) electrons. The Morgan fingerprint density at radius 1 is 1.37 bits per heavy atom. The van der Waals surface area contributed by atoms with Crippen molar-refractivity contribution in [2.24, 2.45) is 0 Å². The SMILES string of the molecule is Cl.N#Cc1c(N2C[C@@H]3NCCO[C@@H]3C2)c(F)cc2c(=O)c(C(=O)O)cn(C3CC3)c12. The number of aromatic nitrogens is 1. The van der Waals surface area contributed by atoms with Crippen molar-refractivity contribution in [3.8, 4) is 6.07 Å². The summed E-state index contributed by atoms with van der Waals surface area (Å²) in [4.78, 5) is 26.0. The highest BCUT2D eigenvalue weighted by Crippen LogP contribution is 2.40. The maximum atomic E-state index is 15.2. The van der Waals surface area contributed by atoms with Gasteiger partial charge in [0.25, 0.3) is 0 Å². The summed E-state index contributed by atoms with van der Waals surface area (Å²) >= 11 is 0. The number of carboxylic acids is 1. The highest BCUT2D eigenvalue weighted by Gasteiger charge is 2.38. The molecule has 2 aromatic rings. The minimum atomic E-state index is -1.36. The molecule has 2 saturated heterocycles. The lowest BCUT2D eigenvalue weighted by molar-refractivity contribution is 0.0212. The van der Waals surface area contributed by atoms with E-state index >= 15 is 4.39 Å². The van der Waals surface area contributed by atoms with E-state index in [0.29, 0.717) is 25.2 Å². The second-order valence-electron chi connectivity index (χ2n) is 7.78. The third-order valence-electron chi connectivity index (χ3n) is 5.95. The van der Waals surface area contributed by atoms with Crippen molar-refractivity contribution in [2.45, 2.75) is 31.0 Å². The Bertz CT molecular complexity index is 1130. The Morgan fingerprint density at radius 3 is 2.77 bits per heavy atom. The van der Waals surface area contributed by atoms with Crippen molar-refractivity contribution in [1.29, 1.82) is 5.26 Å². The van der Waals surface area contributed by atoms with Crippen LogP contribution in [0.1, 0.15) is 34.8 Å². The van der Waals surface area contributed by atoms with Gasteiger partial charge in [0.15, 0.2) is 0 Å². The van der Waals surface area contributed by atoms with E-state index < -0.39 is 22.8 Å². The lowest BCUT2D eigenvalue weighted by Crippen LogP contribution is -2.47. The Balaban J connectivity index is 0.00000218. The summed E-state index contributed by atoms with van der Waals surface area (Å²) in [5.41, 5.74) is -0.655. The summed E-state index contributed by atoms with van der Waals surface area (Å²) in [7, 11) is 0. The molecule has 2 N–H and O–H groups in total. The zero-order valence-electron chi connectivity index (χ0n) is 15.9. The van der Waals surface area contributed by atoms with Crippen LogP contribution in [0.4, 0.5) is 10.1 Å². The molecule has 2 atom stereocenters. The largest absolute Gasteiger partial charge is 0.477 e. The molecule has 158 valence electrons. The zero-order valence-corrected chi connectivity index (χ0v) is 16.7. The first-order chi connectivity index (χ1) is 14.0. The predicted octanol–water partition coefficient (Wildman–Crippen LogP) is 1.64. The number of pyridine rings is 1. The van der Waals surface area contributed by atoms with Gasteiger partial charge >= 0.3 is 5.97 Å². The number of morpholine rings is 1. The van der Waals surface area contributed by atoms with E-state index in [1.165, 1.54) is 6.20 Å². The number of hydrogen-bond donors (Lipinski definition) is 2. The minimum Gasteiger partial charge on any atom is -0.477 e. The van der Waals surface area contributed by atoms with Gasteiger partial charge in [-0.15, -0.1) is 12.4 Å². The smallest absolute Gasteiger partial charge is 0.341 e. The Morgan fingerprint density at radius 2 is 2.13 bits per heavy atom. The summed E-state index contributed by atoms with van der Waals surface area (Å²) in [5, 5.41) is 22.6. The van der Waals surface area contributed by atoms with Gasteiger partial charge in [0, 0.05) is 31.9 Å². The van der Waals surface area contributed by atoms with E-state index in [0.717, 1.165) is 25.5 Å². The molecule has 10 heteroatoms. The van der Waals surface area contributed by atoms with Crippen molar-refractivity contribution in [3.63, 3.8) is 0 Å². The molecule has 2 aliphatic heterocycles. The van der Waals surface area contributed by atoms with Gasteiger partial charge in [-0.2, -0.15) is 5.26 Å². The maximum Gasteiger partial charge on any atom is 0.341 e. The van der Waals surface area contributed by atoms with Crippen LogP contribution in [0.2, 0.25) is 0 Å². The Hall–Kier alpha value is -2.67. The van der Waals surface area contributed by atoms with Crippen LogP contribution < -0.4 is 15.6 Å². The standard InChI is InChI=1S/C20H19FN4O4.ClH/c21-14-5-11-17(25(10-1-2-10)7-13(19(11)26)20(27)28)12(6-22)18(14)24-8-15-16(9-24)29-4-3-23-15;/h5,7,10,15-16,23H,1-4,8-9H2,(H,27,28);1H/t15-,16+;/m0./s1. The van der Waals surface area contributed by atoms with Crippen LogP contribution >= 0.6 is 12.4 Å². The number of rotatable bonds is 3. The fourth-order valence-electron chi connectivity index (χ4n) is 4.46. The molecule has 1 saturated carbocycles. The molecule has 0 spiro atoms. The number of halogens is 2. The fourth-order valence-corrected chi connectivity index (χ4v) is 4.46. The average molecular weight is 435 g/mol. The van der Waals surface area contributed by atoms with Gasteiger partial charge < -0.3 is 24.6 Å². The van der Waals surface area contributed by atoms with Crippen molar-refractivity contribution >= 4 is 35.0 Å². The van der Waals surface area contributed by atoms with E-state index in [-0.39, 0.29) is 47.2 Å². The van der Waals surface area contributed by atoms with Gasteiger partial charge in [0.1, 0.15) is 23.0 Å². The van der Waals surface area contributed by atoms with Gasteiger partial charge in [0.05, 0.1) is 35.3 Å². The minimum absolute atomic E-state index is 0. The number of nitriles is 1. The second kappa shape index (κ2) is 7.54. The van der Waals surface area contributed by atoms with Crippen LogP contribution in [0, 0.1) is 17.1 Å². The number of anilines is 1. The summed E-state index contributed by atoms with van der Waals surface area (Å²) in [6.07, 6.45) is 2.84. The van der Waals surface area contributed by atoms with Crippen LogP contribution in [-0.2, 0) is 4.74 Å². The van der Waals surface area contributed by atoms with Crippen LogP contribution in [0.15, 0.2) is 17.1 Å². The molecule has 3 aliphatic rings. The third-order valence-corrected chi connectivity index (χ3v) is 5.95. The number of ether oxygens (including phenoxy) is 1. The second-order valence-corrected chi connectivity index (χ2v) is 7.78. The number of benzene rings is 1. The Labute approximate surface area is 177 Å². The quantitative estimate of drug-likeness (QED) is 0.756. The van der Waals surface area contributed by atoms with Gasteiger partial charge in [-0.3, -0.25) is 4.79 Å². The van der Waals surface area contributed by atoms with E-state index in [9.17, 15) is 20.0 Å². The summed E-state index contributed by atoms with van der Waals surface area (Å²) in [5.74, 6) is -2.06. The van der Waals surface area contributed by atoms with Crippen LogP contribution in [0.5, 0.6) is 0 Å². The summed E-state index contributed by atoms with van der Waals surface area (Å²) in [6.45, 7) is 2.23. The number of aromatic carboxylic acids is 1. The highest BCUT2D eigenvalue weighted by atomic mass is 35.5. The lowest BCUT2D eigenvalue weighted by Gasteiger charge is -2.25. The van der Waals surface area contributed by atoms with Crippen molar-refractivity contribution < 1.29 is 19.0 Å². The number of fused-ring (bicyclic) bond motifs is 2. The number of nitrogens with one attached hydrogen (secondary N) is 1. The maximum absolute atomic E-state index is 15.2. The number of hydrogen-bond acceptors (Lipinski definition) is 6. The summed E-state index contributed by atoms with van der Waals surface area (Å²) < 4.78 is 22.6. The first-order valence-corrected chi connectivity index (χ1v) is 9.64. The number of nitrogens with zero attached hydrogens (tertiary/aromatic N) is 3. The predicted molar refractivity (Wildman–Crippen MR) is 109 cm³/mol. The van der Waals surface area contributed by atoms with E-state index in [1.807, 2.05) is 0 Å². The normalized spacial score (nSPS) is 23.0. The molecule has 3 heterocycles. The van der Waals surface area contributed by atoms with E-state index in [1.54, 1.807) is 9.47 Å². The lowest BCUT2D eigenvalue weighted by atomic mass is 10.0. The summed E-state index contributed by atoms with van der Waals surface area (Å²) in [6, 6.07) is 3.22. The van der Waals surface area contributed by atoms with Crippen LogP contribution in [0.25, 0.3) is 10.9 Å². The molecule has 1 aromatic heterocycles. The molecular weight excluding hydrogens is 415 g/mol. The molecule has 0 unspecified atom stereocenters. The molecule has 1 aliphatic carbocycles. The van der Waals surface area contributed by atoms with Gasteiger partial charge in [-0.25, -0.2) is 9.18 Å². The molecular formula is C20H20ClFN4O4. The van der Waals surface area contributed by atoms with Gasteiger partial charge in [-0.1, -0.05) is 0 Å². The average Bonchev–Trinajstić information content (AvgIpc) is 3.45.